The maximum Gasteiger partial charge on any atom is 0.203 e. The van der Waals surface area contributed by atoms with Gasteiger partial charge in [-0.3, -0.25) is 5.43 Å². The summed E-state index contributed by atoms with van der Waals surface area (Å²) in [7, 11) is 0. The molecule has 1 aromatic carbocycles. The van der Waals surface area contributed by atoms with Crippen LogP contribution in [0.5, 0.6) is 0 Å². The standard InChI is InChI=1S/C11H10FN3S/c1-8-7-16-11(14-8)15-13-6-9-3-2-4-10(12)5-9/h2-7H,1H3,(H,14,15). The van der Waals surface area contributed by atoms with Crippen LogP contribution in [0.15, 0.2) is 34.7 Å². The quantitative estimate of drug-likeness (QED) is 0.656. The molecule has 5 heteroatoms. The summed E-state index contributed by atoms with van der Waals surface area (Å²) in [4.78, 5) is 4.18. The lowest BCUT2D eigenvalue weighted by molar-refractivity contribution is 0.627. The Bertz CT molecular complexity index is 507. The summed E-state index contributed by atoms with van der Waals surface area (Å²) in [5.41, 5.74) is 4.45. The van der Waals surface area contributed by atoms with Gasteiger partial charge < -0.3 is 0 Å². The Balaban J connectivity index is 2.00. The molecule has 0 aliphatic rings. The molecule has 0 atom stereocenters. The van der Waals surface area contributed by atoms with E-state index in [1.807, 2.05) is 12.3 Å². The van der Waals surface area contributed by atoms with Crippen LogP contribution in [0.4, 0.5) is 9.52 Å². The van der Waals surface area contributed by atoms with Crippen LogP contribution in [-0.4, -0.2) is 11.2 Å². The van der Waals surface area contributed by atoms with Gasteiger partial charge in [0.2, 0.25) is 5.13 Å². The van der Waals surface area contributed by atoms with Crippen LogP contribution in [-0.2, 0) is 0 Å². The number of benzene rings is 1. The van der Waals surface area contributed by atoms with E-state index in [0.717, 1.165) is 10.8 Å². The van der Waals surface area contributed by atoms with Crippen molar-refractivity contribution in [3.8, 4) is 0 Å². The molecule has 1 heterocycles. The van der Waals surface area contributed by atoms with Crippen molar-refractivity contribution in [2.75, 3.05) is 5.43 Å². The van der Waals surface area contributed by atoms with Gasteiger partial charge in [-0.2, -0.15) is 5.10 Å². The zero-order chi connectivity index (χ0) is 11.4. The van der Waals surface area contributed by atoms with Crippen molar-refractivity contribution in [2.45, 2.75) is 6.92 Å². The van der Waals surface area contributed by atoms with Gasteiger partial charge in [-0.05, 0) is 24.6 Å². The van der Waals surface area contributed by atoms with Gasteiger partial charge in [0.05, 0.1) is 11.9 Å². The molecule has 3 nitrogen and oxygen atoms in total. The first-order chi connectivity index (χ1) is 7.74. The van der Waals surface area contributed by atoms with E-state index in [1.54, 1.807) is 18.3 Å². The molecule has 0 saturated heterocycles. The van der Waals surface area contributed by atoms with Gasteiger partial charge in [0.1, 0.15) is 5.82 Å². The van der Waals surface area contributed by atoms with Gasteiger partial charge >= 0.3 is 0 Å². The topological polar surface area (TPSA) is 37.3 Å². The van der Waals surface area contributed by atoms with Crippen molar-refractivity contribution in [2.24, 2.45) is 5.10 Å². The second-order valence-corrected chi connectivity index (χ2v) is 4.08. The lowest BCUT2D eigenvalue weighted by atomic mass is 10.2. The molecule has 16 heavy (non-hydrogen) atoms. The maximum absolute atomic E-state index is 12.8. The van der Waals surface area contributed by atoms with E-state index in [9.17, 15) is 4.39 Å². The summed E-state index contributed by atoms with van der Waals surface area (Å²) in [5, 5.41) is 6.63. The summed E-state index contributed by atoms with van der Waals surface area (Å²) < 4.78 is 12.8. The van der Waals surface area contributed by atoms with Crippen molar-refractivity contribution in [1.29, 1.82) is 0 Å². The minimum Gasteiger partial charge on any atom is -0.253 e. The van der Waals surface area contributed by atoms with E-state index >= 15 is 0 Å². The average molecular weight is 235 g/mol. The molecule has 0 bridgehead atoms. The average Bonchev–Trinajstić information content (AvgIpc) is 2.64. The van der Waals surface area contributed by atoms with Crippen LogP contribution in [0.2, 0.25) is 0 Å². The Morgan fingerprint density at radius 1 is 1.50 bits per heavy atom. The summed E-state index contributed by atoms with van der Waals surface area (Å²) in [6, 6.07) is 6.23. The van der Waals surface area contributed by atoms with Crippen LogP contribution in [0.3, 0.4) is 0 Å². The maximum atomic E-state index is 12.8. The lowest BCUT2D eigenvalue weighted by Crippen LogP contribution is -1.90. The number of rotatable bonds is 3. The number of aryl methyl sites for hydroxylation is 1. The normalized spacial score (nSPS) is 10.9. The van der Waals surface area contributed by atoms with Gasteiger partial charge in [-0.25, -0.2) is 9.37 Å². The number of hydrogen-bond donors (Lipinski definition) is 1. The molecule has 0 radical (unpaired) electrons. The van der Waals surface area contributed by atoms with E-state index in [4.69, 9.17) is 0 Å². The Morgan fingerprint density at radius 2 is 2.38 bits per heavy atom. The third-order valence-electron chi connectivity index (χ3n) is 1.84. The fourth-order valence-corrected chi connectivity index (χ4v) is 1.79. The molecule has 0 spiro atoms. The summed E-state index contributed by atoms with van der Waals surface area (Å²) in [6.07, 6.45) is 1.56. The van der Waals surface area contributed by atoms with E-state index < -0.39 is 0 Å². The highest BCUT2D eigenvalue weighted by atomic mass is 32.1. The van der Waals surface area contributed by atoms with E-state index in [2.05, 4.69) is 15.5 Å². The number of anilines is 1. The molecular weight excluding hydrogens is 225 g/mol. The third-order valence-corrected chi connectivity index (χ3v) is 2.71. The number of nitrogens with one attached hydrogen (secondary N) is 1. The van der Waals surface area contributed by atoms with Crippen LogP contribution in [0.1, 0.15) is 11.3 Å². The predicted octanol–water partition coefficient (Wildman–Crippen LogP) is 3.04. The van der Waals surface area contributed by atoms with Crippen molar-refractivity contribution >= 4 is 22.7 Å². The van der Waals surface area contributed by atoms with Crippen LogP contribution >= 0.6 is 11.3 Å². The Labute approximate surface area is 96.7 Å². The van der Waals surface area contributed by atoms with Crippen molar-refractivity contribution in [1.82, 2.24) is 4.98 Å². The smallest absolute Gasteiger partial charge is 0.203 e. The first-order valence-electron chi connectivity index (χ1n) is 4.71. The minimum absolute atomic E-state index is 0.269. The Kier molecular flexibility index (Phi) is 3.26. The second kappa shape index (κ2) is 4.85. The fourth-order valence-electron chi connectivity index (χ4n) is 1.15. The molecule has 1 N–H and O–H groups in total. The molecule has 0 fully saturated rings. The number of halogens is 1. The second-order valence-electron chi connectivity index (χ2n) is 3.22. The SMILES string of the molecule is Cc1csc(NN=Cc2cccc(F)c2)n1. The van der Waals surface area contributed by atoms with Gasteiger partial charge in [-0.15, -0.1) is 11.3 Å². The van der Waals surface area contributed by atoms with Gasteiger partial charge in [-0.1, -0.05) is 12.1 Å². The zero-order valence-electron chi connectivity index (χ0n) is 8.64. The number of aromatic nitrogens is 1. The number of thiazole rings is 1. The van der Waals surface area contributed by atoms with E-state index in [1.165, 1.54) is 23.5 Å². The molecule has 0 aliphatic carbocycles. The third kappa shape index (κ3) is 2.87. The molecule has 0 aliphatic heterocycles. The number of hydrogen-bond acceptors (Lipinski definition) is 4. The lowest BCUT2D eigenvalue weighted by Gasteiger charge is -1.94. The van der Waals surface area contributed by atoms with Crippen LogP contribution in [0.25, 0.3) is 0 Å². The van der Waals surface area contributed by atoms with Gasteiger partial charge in [0.25, 0.3) is 0 Å². The van der Waals surface area contributed by atoms with Crippen molar-refractivity contribution in [3.63, 3.8) is 0 Å². The molecular formula is C11H10FN3S. The van der Waals surface area contributed by atoms with E-state index in [0.29, 0.717) is 5.56 Å². The highest BCUT2D eigenvalue weighted by molar-refractivity contribution is 7.13. The molecule has 82 valence electrons. The molecule has 1 aromatic heterocycles. The van der Waals surface area contributed by atoms with Gasteiger partial charge in [0, 0.05) is 5.38 Å². The molecule has 2 aromatic rings. The summed E-state index contributed by atoms with van der Waals surface area (Å²) >= 11 is 1.48. The van der Waals surface area contributed by atoms with Crippen LogP contribution in [0, 0.1) is 12.7 Å². The van der Waals surface area contributed by atoms with Crippen molar-refractivity contribution in [3.05, 3.63) is 46.7 Å². The van der Waals surface area contributed by atoms with Gasteiger partial charge in [0.15, 0.2) is 0 Å². The summed E-state index contributed by atoms with van der Waals surface area (Å²) in [5.74, 6) is -0.269. The minimum atomic E-state index is -0.269. The predicted molar refractivity (Wildman–Crippen MR) is 64.5 cm³/mol. The number of hydrazone groups is 1. The summed E-state index contributed by atoms with van der Waals surface area (Å²) in [6.45, 7) is 1.91. The van der Waals surface area contributed by atoms with Crippen LogP contribution < -0.4 is 5.43 Å². The monoisotopic (exact) mass is 235 g/mol. The highest BCUT2D eigenvalue weighted by Gasteiger charge is 1.95. The molecule has 0 saturated carbocycles. The Morgan fingerprint density at radius 3 is 3.06 bits per heavy atom. The molecule has 2 rings (SSSR count). The zero-order valence-corrected chi connectivity index (χ0v) is 9.46. The fraction of sp³-hybridized carbons (Fsp3) is 0.0909. The first kappa shape index (κ1) is 10.8. The Hall–Kier alpha value is -1.75. The number of nitrogens with zero attached hydrogens (tertiary/aromatic N) is 2. The van der Waals surface area contributed by atoms with Crippen molar-refractivity contribution < 1.29 is 4.39 Å². The van der Waals surface area contributed by atoms with E-state index in [-0.39, 0.29) is 5.82 Å². The highest BCUT2D eigenvalue weighted by Crippen LogP contribution is 2.13. The molecule has 0 amide bonds. The molecule has 0 unspecified atom stereocenters. The largest absolute Gasteiger partial charge is 0.253 e. The first-order valence-corrected chi connectivity index (χ1v) is 5.59.